The van der Waals surface area contributed by atoms with Crippen LogP contribution >= 0.6 is 0 Å². The number of carbonyl (C=O) groups is 3. The van der Waals surface area contributed by atoms with E-state index in [-0.39, 0.29) is 41.4 Å². The second-order valence-corrected chi connectivity index (χ2v) is 7.28. The topological polar surface area (TPSA) is 75.7 Å². The highest BCUT2D eigenvalue weighted by atomic mass is 16.5. The van der Waals surface area contributed by atoms with Crippen LogP contribution in [0.3, 0.4) is 0 Å². The molecule has 2 bridgehead atoms. The van der Waals surface area contributed by atoms with Gasteiger partial charge in [-0.15, -0.1) is 0 Å². The number of methoxy groups -OCH3 is 1. The van der Waals surface area contributed by atoms with Crippen molar-refractivity contribution in [3.05, 3.63) is 36.4 Å². The Balaban J connectivity index is 1.50. The number of imide groups is 1. The van der Waals surface area contributed by atoms with Gasteiger partial charge in [0.05, 0.1) is 18.9 Å². The van der Waals surface area contributed by atoms with E-state index in [1.165, 1.54) is 4.90 Å². The van der Waals surface area contributed by atoms with Crippen LogP contribution in [0.4, 0.5) is 5.69 Å². The lowest BCUT2D eigenvalue weighted by molar-refractivity contribution is -0.146. The second kappa shape index (κ2) is 6.27. The number of nitrogens with zero attached hydrogens (tertiary/aromatic N) is 1. The van der Waals surface area contributed by atoms with Gasteiger partial charge >= 0.3 is 0 Å². The van der Waals surface area contributed by atoms with Gasteiger partial charge in [-0.05, 0) is 55.9 Å². The Morgan fingerprint density at radius 1 is 1.08 bits per heavy atom. The van der Waals surface area contributed by atoms with Crippen LogP contribution in [-0.4, -0.2) is 35.8 Å². The molecule has 0 aromatic heterocycles. The van der Waals surface area contributed by atoms with Gasteiger partial charge in [-0.2, -0.15) is 0 Å². The molecule has 0 radical (unpaired) electrons. The van der Waals surface area contributed by atoms with E-state index in [4.69, 9.17) is 4.74 Å². The van der Waals surface area contributed by atoms with Gasteiger partial charge in [0, 0.05) is 5.69 Å². The normalized spacial score (nSPS) is 30.3. The summed E-state index contributed by atoms with van der Waals surface area (Å²) in [6, 6.07) is 6.10. The van der Waals surface area contributed by atoms with E-state index >= 15 is 0 Å². The van der Waals surface area contributed by atoms with Gasteiger partial charge in [-0.25, -0.2) is 0 Å². The zero-order chi connectivity index (χ0) is 18.4. The summed E-state index contributed by atoms with van der Waals surface area (Å²) >= 11 is 0. The summed E-state index contributed by atoms with van der Waals surface area (Å²) in [7, 11) is 1.57. The first-order valence-corrected chi connectivity index (χ1v) is 9.01. The number of hydrogen-bond acceptors (Lipinski definition) is 4. The smallest absolute Gasteiger partial charge is 0.247 e. The molecule has 5 atom stereocenters. The first-order chi connectivity index (χ1) is 12.5. The summed E-state index contributed by atoms with van der Waals surface area (Å²) < 4.78 is 5.10. The summed E-state index contributed by atoms with van der Waals surface area (Å²) in [5.74, 6) is -0.395. The highest BCUT2D eigenvalue weighted by Crippen LogP contribution is 2.49. The van der Waals surface area contributed by atoms with Crippen LogP contribution in [0.1, 0.15) is 19.8 Å². The Kier molecular flexibility index (Phi) is 4.05. The number of fused-ring (bicyclic) bond motifs is 1. The SMILES string of the molecule is COc1ccc(NC(=O)[C@H](C)N2C(=O)[C@@H]3[C@@H](C2=O)[C@H]2C=C[C@H]3CC2)cc1. The molecule has 5 rings (SSSR count). The number of amides is 3. The van der Waals surface area contributed by atoms with Gasteiger partial charge in [0.1, 0.15) is 11.8 Å². The first-order valence-electron chi connectivity index (χ1n) is 9.01. The lowest BCUT2D eigenvalue weighted by Gasteiger charge is -2.38. The lowest BCUT2D eigenvalue weighted by Crippen LogP contribution is -2.46. The molecular weight excluding hydrogens is 332 g/mol. The van der Waals surface area contributed by atoms with Crippen molar-refractivity contribution >= 4 is 23.4 Å². The van der Waals surface area contributed by atoms with Crippen molar-refractivity contribution in [2.75, 3.05) is 12.4 Å². The highest BCUT2D eigenvalue weighted by molar-refractivity contribution is 6.10. The first kappa shape index (κ1) is 16.8. The quantitative estimate of drug-likeness (QED) is 0.664. The molecule has 4 aliphatic rings. The van der Waals surface area contributed by atoms with Gasteiger partial charge in [0.25, 0.3) is 0 Å². The number of ether oxygens (including phenoxy) is 1. The van der Waals surface area contributed by atoms with Gasteiger partial charge in [0.2, 0.25) is 17.7 Å². The van der Waals surface area contributed by atoms with Crippen molar-refractivity contribution in [3.63, 3.8) is 0 Å². The fourth-order valence-electron chi connectivity index (χ4n) is 4.52. The summed E-state index contributed by atoms with van der Waals surface area (Å²) in [5.41, 5.74) is 0.598. The maximum Gasteiger partial charge on any atom is 0.247 e. The maximum absolute atomic E-state index is 12.9. The molecule has 136 valence electrons. The third-order valence-corrected chi connectivity index (χ3v) is 5.92. The molecule has 3 amide bonds. The van der Waals surface area contributed by atoms with Crippen LogP contribution in [0, 0.1) is 23.7 Å². The number of anilines is 1. The largest absolute Gasteiger partial charge is 0.497 e. The second-order valence-electron chi connectivity index (χ2n) is 7.28. The van der Waals surface area contributed by atoms with Gasteiger partial charge < -0.3 is 10.1 Å². The van der Waals surface area contributed by atoms with Crippen molar-refractivity contribution in [2.24, 2.45) is 23.7 Å². The third-order valence-electron chi connectivity index (χ3n) is 5.92. The number of benzene rings is 1. The van der Waals surface area contributed by atoms with Crippen molar-refractivity contribution in [1.29, 1.82) is 0 Å². The average Bonchev–Trinajstić information content (AvgIpc) is 2.95. The predicted molar refractivity (Wildman–Crippen MR) is 95.3 cm³/mol. The van der Waals surface area contributed by atoms with Gasteiger partial charge in [0.15, 0.2) is 0 Å². The Morgan fingerprint density at radius 3 is 2.08 bits per heavy atom. The standard InChI is InChI=1S/C20H22N2O4/c1-11(18(23)21-14-7-9-15(26-2)10-8-14)22-19(24)16-12-3-4-13(6-5-12)17(16)20(22)25/h3-4,7-13,16-17H,5-6H2,1-2H3,(H,21,23)/t11-,12-,13-,16-,17-/m0/s1. The maximum atomic E-state index is 12.9. The minimum absolute atomic E-state index is 0.128. The number of rotatable bonds is 4. The van der Waals surface area contributed by atoms with E-state index in [9.17, 15) is 14.4 Å². The molecule has 0 spiro atoms. The minimum Gasteiger partial charge on any atom is -0.497 e. The Morgan fingerprint density at radius 2 is 1.62 bits per heavy atom. The lowest BCUT2D eigenvalue weighted by atomic mass is 9.63. The van der Waals surface area contributed by atoms with Crippen LogP contribution < -0.4 is 10.1 Å². The fourth-order valence-corrected chi connectivity index (χ4v) is 4.52. The monoisotopic (exact) mass is 354 g/mol. The molecular formula is C20H22N2O4. The number of allylic oxidation sites excluding steroid dienone is 2. The highest BCUT2D eigenvalue weighted by Gasteiger charge is 2.58. The van der Waals surface area contributed by atoms with E-state index in [1.54, 1.807) is 38.3 Å². The van der Waals surface area contributed by atoms with Crippen LogP contribution in [0.25, 0.3) is 0 Å². The molecule has 1 aliphatic heterocycles. The number of hydrogen-bond donors (Lipinski definition) is 1. The molecule has 1 heterocycles. The minimum atomic E-state index is -0.831. The molecule has 1 N–H and O–H groups in total. The zero-order valence-corrected chi connectivity index (χ0v) is 14.8. The number of carbonyl (C=O) groups excluding carboxylic acids is 3. The number of nitrogens with one attached hydrogen (secondary N) is 1. The molecule has 1 aromatic rings. The summed E-state index contributed by atoms with van der Waals surface area (Å²) in [5, 5.41) is 2.77. The Bertz CT molecular complexity index is 754. The van der Waals surface area contributed by atoms with Crippen molar-refractivity contribution in [2.45, 2.75) is 25.8 Å². The summed E-state index contributed by atoms with van der Waals surface area (Å²) in [6.45, 7) is 1.61. The molecule has 1 saturated carbocycles. The van der Waals surface area contributed by atoms with Crippen LogP contribution in [-0.2, 0) is 14.4 Å². The van der Waals surface area contributed by atoms with Crippen LogP contribution in [0.15, 0.2) is 36.4 Å². The molecule has 0 unspecified atom stereocenters. The molecule has 6 heteroatoms. The van der Waals surface area contributed by atoms with E-state index in [0.717, 1.165) is 12.8 Å². The van der Waals surface area contributed by atoms with Gasteiger partial charge in [-0.3, -0.25) is 19.3 Å². The zero-order valence-electron chi connectivity index (χ0n) is 14.8. The Hall–Kier alpha value is -2.63. The third kappa shape index (κ3) is 2.52. The molecule has 1 saturated heterocycles. The van der Waals surface area contributed by atoms with Crippen molar-refractivity contribution < 1.29 is 19.1 Å². The van der Waals surface area contributed by atoms with Crippen LogP contribution in [0.5, 0.6) is 5.75 Å². The van der Waals surface area contributed by atoms with Crippen molar-refractivity contribution in [3.8, 4) is 5.75 Å². The van der Waals surface area contributed by atoms with Crippen LogP contribution in [0.2, 0.25) is 0 Å². The van der Waals surface area contributed by atoms with Gasteiger partial charge in [-0.1, -0.05) is 12.2 Å². The molecule has 6 nitrogen and oxygen atoms in total. The molecule has 1 aromatic carbocycles. The van der Waals surface area contributed by atoms with E-state index in [0.29, 0.717) is 11.4 Å². The molecule has 2 fully saturated rings. The predicted octanol–water partition coefficient (Wildman–Crippen LogP) is 2.22. The number of likely N-dealkylation sites (tertiary alicyclic amines) is 1. The Labute approximate surface area is 152 Å². The van der Waals surface area contributed by atoms with E-state index in [2.05, 4.69) is 17.5 Å². The molecule has 3 aliphatic carbocycles. The summed E-state index contributed by atoms with van der Waals surface area (Å²) in [4.78, 5) is 39.6. The molecule has 26 heavy (non-hydrogen) atoms. The van der Waals surface area contributed by atoms with E-state index in [1.807, 2.05) is 0 Å². The van der Waals surface area contributed by atoms with E-state index < -0.39 is 6.04 Å². The van der Waals surface area contributed by atoms with Crippen molar-refractivity contribution in [1.82, 2.24) is 4.90 Å². The fraction of sp³-hybridized carbons (Fsp3) is 0.450. The average molecular weight is 354 g/mol. The summed E-state index contributed by atoms with van der Waals surface area (Å²) in [6.07, 6.45) is 6.04.